The van der Waals surface area contributed by atoms with Crippen molar-refractivity contribution in [2.75, 3.05) is 6.61 Å². The quantitative estimate of drug-likeness (QED) is 0.503. The summed E-state index contributed by atoms with van der Waals surface area (Å²) in [7, 11) is 0. The number of carbonyl (C=O) groups is 2. The van der Waals surface area contributed by atoms with Gasteiger partial charge in [-0.25, -0.2) is 5.43 Å². The topological polar surface area (TPSA) is 71.0 Å². The first kappa shape index (κ1) is 24.3. The van der Waals surface area contributed by atoms with Crippen LogP contribution in [-0.2, 0) is 11.0 Å². The van der Waals surface area contributed by atoms with Crippen molar-refractivity contribution in [3.63, 3.8) is 0 Å². The molecule has 6 nitrogen and oxygen atoms in total. The van der Waals surface area contributed by atoms with Crippen LogP contribution < -0.4 is 10.2 Å². The van der Waals surface area contributed by atoms with Gasteiger partial charge in [0, 0.05) is 23.2 Å². The third-order valence-corrected chi connectivity index (χ3v) is 5.60. The van der Waals surface area contributed by atoms with Crippen LogP contribution in [0, 0.1) is 0 Å². The molecule has 0 aliphatic carbocycles. The highest BCUT2D eigenvalue weighted by atomic mass is 19.4. The monoisotopic (exact) mass is 461 g/mol. The molecule has 0 saturated carbocycles. The van der Waals surface area contributed by atoms with E-state index in [2.05, 4.69) is 10.5 Å². The maximum atomic E-state index is 13.0. The number of piperidine rings is 1. The molecule has 2 aromatic carbocycles. The SMILES string of the molecule is CC1CCCC(C)N1C(=O)COc1ccc(C(=O)NN=Cc2ccccc2C(F)(F)F)cc1. The Balaban J connectivity index is 1.54. The summed E-state index contributed by atoms with van der Waals surface area (Å²) in [5, 5.41) is 3.63. The number of hydrazone groups is 1. The summed E-state index contributed by atoms with van der Waals surface area (Å²) in [4.78, 5) is 26.6. The number of ether oxygens (including phenoxy) is 1. The highest BCUT2D eigenvalue weighted by molar-refractivity contribution is 5.95. The minimum absolute atomic E-state index is 0.0787. The van der Waals surface area contributed by atoms with Crippen molar-refractivity contribution in [2.45, 2.75) is 51.4 Å². The van der Waals surface area contributed by atoms with Crippen LogP contribution in [-0.4, -0.2) is 41.6 Å². The molecule has 2 aromatic rings. The van der Waals surface area contributed by atoms with Gasteiger partial charge >= 0.3 is 6.18 Å². The number of halogens is 3. The van der Waals surface area contributed by atoms with E-state index in [1.54, 1.807) is 12.1 Å². The van der Waals surface area contributed by atoms with E-state index in [1.807, 2.05) is 18.7 Å². The first-order chi connectivity index (χ1) is 15.7. The number of amides is 2. The minimum atomic E-state index is -4.52. The molecule has 0 radical (unpaired) electrons. The van der Waals surface area contributed by atoms with Gasteiger partial charge in [-0.1, -0.05) is 18.2 Å². The minimum Gasteiger partial charge on any atom is -0.484 e. The Kier molecular flexibility index (Phi) is 7.73. The Labute approximate surface area is 190 Å². The predicted octanol–water partition coefficient (Wildman–Crippen LogP) is 4.64. The average molecular weight is 461 g/mol. The van der Waals surface area contributed by atoms with E-state index in [0.717, 1.165) is 31.5 Å². The summed E-state index contributed by atoms with van der Waals surface area (Å²) in [6.07, 6.45) is -0.510. The lowest BCUT2D eigenvalue weighted by Gasteiger charge is -2.38. The zero-order valence-electron chi connectivity index (χ0n) is 18.4. The molecule has 2 amide bonds. The summed E-state index contributed by atoms with van der Waals surface area (Å²) < 4.78 is 44.6. The van der Waals surface area contributed by atoms with Crippen molar-refractivity contribution < 1.29 is 27.5 Å². The molecule has 2 atom stereocenters. The summed E-state index contributed by atoms with van der Waals surface area (Å²) in [5.74, 6) is -0.237. The maximum Gasteiger partial charge on any atom is 0.417 e. The van der Waals surface area contributed by atoms with Crippen LogP contribution in [0.25, 0.3) is 0 Å². The Morgan fingerprint density at radius 2 is 1.73 bits per heavy atom. The number of hydrogen-bond acceptors (Lipinski definition) is 4. The summed E-state index contributed by atoms with van der Waals surface area (Å²) in [6, 6.07) is 11.4. The van der Waals surface area contributed by atoms with Crippen LogP contribution in [0.4, 0.5) is 13.2 Å². The number of carbonyl (C=O) groups excluding carboxylic acids is 2. The van der Waals surface area contributed by atoms with Gasteiger partial charge in [0.2, 0.25) is 0 Å². The van der Waals surface area contributed by atoms with Gasteiger partial charge in [0.05, 0.1) is 11.8 Å². The number of alkyl halides is 3. The summed E-state index contributed by atoms with van der Waals surface area (Å²) in [6.45, 7) is 3.97. The molecule has 1 N–H and O–H groups in total. The molecule has 0 spiro atoms. The predicted molar refractivity (Wildman–Crippen MR) is 118 cm³/mol. The number of likely N-dealkylation sites (tertiary alicyclic amines) is 1. The first-order valence-electron chi connectivity index (χ1n) is 10.7. The fraction of sp³-hybridized carbons (Fsp3) is 0.375. The lowest BCUT2D eigenvalue weighted by atomic mass is 9.97. The van der Waals surface area contributed by atoms with Crippen LogP contribution in [0.2, 0.25) is 0 Å². The van der Waals surface area contributed by atoms with Gasteiger partial charge < -0.3 is 9.64 Å². The number of benzene rings is 2. The number of nitrogens with zero attached hydrogens (tertiary/aromatic N) is 2. The lowest BCUT2D eigenvalue weighted by Crippen LogP contribution is -2.49. The first-order valence-corrected chi connectivity index (χ1v) is 10.7. The van der Waals surface area contributed by atoms with Crippen LogP contribution >= 0.6 is 0 Å². The Morgan fingerprint density at radius 3 is 2.36 bits per heavy atom. The highest BCUT2D eigenvalue weighted by Crippen LogP contribution is 2.31. The van der Waals surface area contributed by atoms with Gasteiger partial charge in [0.25, 0.3) is 11.8 Å². The third-order valence-electron chi connectivity index (χ3n) is 5.60. The van der Waals surface area contributed by atoms with E-state index in [1.165, 1.54) is 30.3 Å². The average Bonchev–Trinajstić information content (AvgIpc) is 2.77. The summed E-state index contributed by atoms with van der Waals surface area (Å²) in [5.41, 5.74) is 1.46. The van der Waals surface area contributed by atoms with Crippen molar-refractivity contribution >= 4 is 18.0 Å². The Morgan fingerprint density at radius 1 is 1.09 bits per heavy atom. The van der Waals surface area contributed by atoms with Crippen LogP contribution in [0.5, 0.6) is 5.75 Å². The molecule has 1 heterocycles. The Hall–Kier alpha value is -3.36. The molecular weight excluding hydrogens is 435 g/mol. The molecule has 9 heteroatoms. The molecule has 0 aromatic heterocycles. The molecule has 2 unspecified atom stereocenters. The van der Waals surface area contributed by atoms with E-state index in [9.17, 15) is 22.8 Å². The van der Waals surface area contributed by atoms with Crippen molar-refractivity contribution in [3.05, 3.63) is 65.2 Å². The zero-order valence-corrected chi connectivity index (χ0v) is 18.4. The fourth-order valence-corrected chi connectivity index (χ4v) is 3.93. The van der Waals surface area contributed by atoms with E-state index >= 15 is 0 Å². The van der Waals surface area contributed by atoms with E-state index in [-0.39, 0.29) is 35.7 Å². The lowest BCUT2D eigenvalue weighted by molar-refractivity contribution is -0.139. The van der Waals surface area contributed by atoms with Crippen LogP contribution in [0.1, 0.15) is 54.6 Å². The number of nitrogens with one attached hydrogen (secondary N) is 1. The highest BCUT2D eigenvalue weighted by Gasteiger charge is 2.32. The number of hydrogen-bond donors (Lipinski definition) is 1. The van der Waals surface area contributed by atoms with Gasteiger partial charge in [-0.3, -0.25) is 9.59 Å². The second-order valence-corrected chi connectivity index (χ2v) is 8.03. The molecule has 1 fully saturated rings. The van der Waals surface area contributed by atoms with Crippen molar-refractivity contribution in [3.8, 4) is 5.75 Å². The van der Waals surface area contributed by atoms with Gasteiger partial charge in [-0.15, -0.1) is 0 Å². The number of rotatable bonds is 6. The van der Waals surface area contributed by atoms with Crippen LogP contribution in [0.15, 0.2) is 53.6 Å². The second-order valence-electron chi connectivity index (χ2n) is 8.03. The molecule has 1 aliphatic rings. The van der Waals surface area contributed by atoms with Crippen molar-refractivity contribution in [1.82, 2.24) is 10.3 Å². The van der Waals surface area contributed by atoms with Crippen LogP contribution in [0.3, 0.4) is 0 Å². The molecule has 0 bridgehead atoms. The van der Waals surface area contributed by atoms with Crippen molar-refractivity contribution in [2.24, 2.45) is 5.10 Å². The normalized spacial score (nSPS) is 18.9. The van der Waals surface area contributed by atoms with Gasteiger partial charge in [-0.05, 0) is 63.4 Å². The smallest absolute Gasteiger partial charge is 0.417 e. The molecule has 1 saturated heterocycles. The van der Waals surface area contributed by atoms with Gasteiger partial charge in [0.15, 0.2) is 6.61 Å². The van der Waals surface area contributed by atoms with Gasteiger partial charge in [0.1, 0.15) is 5.75 Å². The van der Waals surface area contributed by atoms with E-state index in [4.69, 9.17) is 4.74 Å². The Bertz CT molecular complexity index is 996. The molecule has 3 rings (SSSR count). The molecule has 33 heavy (non-hydrogen) atoms. The second kappa shape index (κ2) is 10.5. The standard InChI is InChI=1S/C24H26F3N3O3/c1-16-6-5-7-17(2)30(16)22(31)15-33-20-12-10-18(11-13-20)23(32)29-28-14-19-8-3-4-9-21(19)24(25,26)27/h3-4,8-14,16-17H,5-7,15H2,1-2H3,(H,29,32). The third kappa shape index (κ3) is 6.34. The maximum absolute atomic E-state index is 13.0. The van der Waals surface area contributed by atoms with E-state index in [0.29, 0.717) is 5.75 Å². The van der Waals surface area contributed by atoms with Gasteiger partial charge in [-0.2, -0.15) is 18.3 Å². The fourth-order valence-electron chi connectivity index (χ4n) is 3.93. The summed E-state index contributed by atoms with van der Waals surface area (Å²) >= 11 is 0. The molecular formula is C24H26F3N3O3. The van der Waals surface area contributed by atoms with Crippen molar-refractivity contribution in [1.29, 1.82) is 0 Å². The largest absolute Gasteiger partial charge is 0.484 e. The molecule has 176 valence electrons. The molecule has 1 aliphatic heterocycles. The van der Waals surface area contributed by atoms with E-state index < -0.39 is 17.6 Å². The zero-order chi connectivity index (χ0) is 24.0.